The summed E-state index contributed by atoms with van der Waals surface area (Å²) in [5.41, 5.74) is 0.810. The van der Waals surface area contributed by atoms with Crippen LogP contribution in [0.5, 0.6) is 11.5 Å². The quantitative estimate of drug-likeness (QED) is 0.836. The molecular weight excluding hydrogens is 208 g/mol. The highest BCUT2D eigenvalue weighted by Crippen LogP contribution is 2.32. The van der Waals surface area contributed by atoms with Gasteiger partial charge in [-0.3, -0.25) is 0 Å². The molecule has 1 heterocycles. The molecule has 1 aliphatic rings. The monoisotopic (exact) mass is 224 g/mol. The van der Waals surface area contributed by atoms with Gasteiger partial charge >= 0.3 is 0 Å². The van der Waals surface area contributed by atoms with E-state index in [1.807, 2.05) is 13.0 Å². The van der Waals surface area contributed by atoms with Gasteiger partial charge in [0.1, 0.15) is 0 Å². The second-order valence-corrected chi connectivity index (χ2v) is 3.87. The molecule has 1 aliphatic heterocycles. The zero-order valence-corrected chi connectivity index (χ0v) is 9.47. The number of ether oxygens (including phenoxy) is 3. The van der Waals surface area contributed by atoms with E-state index in [1.165, 1.54) is 7.11 Å². The Hall–Kier alpha value is -1.26. The molecule has 1 aromatic carbocycles. The van der Waals surface area contributed by atoms with E-state index < -0.39 is 0 Å². The Morgan fingerprint density at radius 1 is 1.44 bits per heavy atom. The van der Waals surface area contributed by atoms with Crippen molar-refractivity contribution in [2.24, 2.45) is 0 Å². The summed E-state index contributed by atoms with van der Waals surface area (Å²) in [6.07, 6.45) is 0.696. The van der Waals surface area contributed by atoms with Crippen molar-refractivity contribution in [2.75, 3.05) is 13.7 Å². The normalized spacial score (nSPS) is 25.4. The summed E-state index contributed by atoms with van der Waals surface area (Å²) in [6, 6.07) is 5.15. The van der Waals surface area contributed by atoms with Crippen LogP contribution in [0.25, 0.3) is 0 Å². The molecule has 0 amide bonds. The number of benzene rings is 1. The number of aromatic hydroxyl groups is 1. The summed E-state index contributed by atoms with van der Waals surface area (Å²) in [5, 5.41) is 9.65. The first kappa shape index (κ1) is 11.2. The molecule has 4 nitrogen and oxygen atoms in total. The van der Waals surface area contributed by atoms with Crippen molar-refractivity contribution in [3.8, 4) is 11.5 Å². The van der Waals surface area contributed by atoms with Gasteiger partial charge in [0.25, 0.3) is 0 Å². The molecule has 0 aromatic heterocycles. The summed E-state index contributed by atoms with van der Waals surface area (Å²) < 4.78 is 16.1. The molecule has 2 atom stereocenters. The maximum absolute atomic E-state index is 9.65. The molecule has 1 aromatic rings. The number of phenols is 1. The molecule has 0 aliphatic carbocycles. The summed E-state index contributed by atoms with van der Waals surface area (Å²) >= 11 is 0. The Morgan fingerprint density at radius 2 is 2.25 bits per heavy atom. The zero-order chi connectivity index (χ0) is 11.5. The highest BCUT2D eigenvalue weighted by molar-refractivity contribution is 5.42. The van der Waals surface area contributed by atoms with E-state index in [1.54, 1.807) is 12.1 Å². The summed E-state index contributed by atoms with van der Waals surface area (Å²) in [5.74, 6) is 0.554. The molecule has 2 unspecified atom stereocenters. The van der Waals surface area contributed by atoms with E-state index in [0.29, 0.717) is 12.4 Å². The Labute approximate surface area is 94.8 Å². The topological polar surface area (TPSA) is 47.9 Å². The number of rotatable bonds is 2. The first-order chi connectivity index (χ1) is 7.70. The molecule has 0 bridgehead atoms. The average Bonchev–Trinajstić information content (AvgIpc) is 2.29. The lowest BCUT2D eigenvalue weighted by Crippen LogP contribution is -2.24. The van der Waals surface area contributed by atoms with Crippen LogP contribution in [-0.4, -0.2) is 24.9 Å². The molecule has 1 saturated heterocycles. The van der Waals surface area contributed by atoms with Crippen molar-refractivity contribution in [1.82, 2.24) is 0 Å². The maximum atomic E-state index is 9.65. The third-order valence-corrected chi connectivity index (χ3v) is 2.62. The fourth-order valence-electron chi connectivity index (χ4n) is 1.69. The van der Waals surface area contributed by atoms with Gasteiger partial charge in [-0.05, 0) is 25.5 Å². The van der Waals surface area contributed by atoms with Gasteiger partial charge in [-0.25, -0.2) is 0 Å². The van der Waals surface area contributed by atoms with Crippen molar-refractivity contribution in [2.45, 2.75) is 25.7 Å². The SMILES string of the molecule is COc1ccc(C2OCCC(C)O2)cc1O. The second-order valence-electron chi connectivity index (χ2n) is 3.87. The van der Waals surface area contributed by atoms with Gasteiger partial charge in [0.2, 0.25) is 0 Å². The minimum absolute atomic E-state index is 0.102. The van der Waals surface area contributed by atoms with Gasteiger partial charge < -0.3 is 19.3 Å². The maximum Gasteiger partial charge on any atom is 0.184 e. The van der Waals surface area contributed by atoms with Crippen molar-refractivity contribution >= 4 is 0 Å². The van der Waals surface area contributed by atoms with Crippen LogP contribution in [0.4, 0.5) is 0 Å². The zero-order valence-electron chi connectivity index (χ0n) is 9.47. The van der Waals surface area contributed by atoms with Crippen molar-refractivity contribution in [3.63, 3.8) is 0 Å². The second kappa shape index (κ2) is 4.72. The molecule has 2 rings (SSSR count). The highest BCUT2D eigenvalue weighted by Gasteiger charge is 2.22. The van der Waals surface area contributed by atoms with Crippen LogP contribution in [0.1, 0.15) is 25.2 Å². The molecule has 4 heteroatoms. The van der Waals surface area contributed by atoms with E-state index in [4.69, 9.17) is 14.2 Å². The fraction of sp³-hybridized carbons (Fsp3) is 0.500. The lowest BCUT2D eigenvalue weighted by atomic mass is 10.1. The molecule has 88 valence electrons. The third kappa shape index (κ3) is 2.28. The van der Waals surface area contributed by atoms with Gasteiger partial charge in [0.05, 0.1) is 19.8 Å². The molecule has 0 radical (unpaired) electrons. The average molecular weight is 224 g/mol. The van der Waals surface area contributed by atoms with Crippen LogP contribution in [0, 0.1) is 0 Å². The lowest BCUT2D eigenvalue weighted by Gasteiger charge is -2.28. The van der Waals surface area contributed by atoms with E-state index in [-0.39, 0.29) is 18.1 Å². The molecular formula is C12H16O4. The van der Waals surface area contributed by atoms with Crippen LogP contribution in [0.3, 0.4) is 0 Å². The predicted molar refractivity (Wildman–Crippen MR) is 58.5 cm³/mol. The van der Waals surface area contributed by atoms with E-state index in [0.717, 1.165) is 12.0 Å². The Bertz CT molecular complexity index is 364. The number of methoxy groups -OCH3 is 1. The number of phenolic OH excluding ortho intramolecular Hbond substituents is 1. The van der Waals surface area contributed by atoms with Crippen molar-refractivity contribution < 1.29 is 19.3 Å². The van der Waals surface area contributed by atoms with E-state index >= 15 is 0 Å². The van der Waals surface area contributed by atoms with Crippen LogP contribution in [-0.2, 0) is 9.47 Å². The smallest absolute Gasteiger partial charge is 0.184 e. The first-order valence-electron chi connectivity index (χ1n) is 5.34. The lowest BCUT2D eigenvalue weighted by molar-refractivity contribution is -0.212. The van der Waals surface area contributed by atoms with Gasteiger partial charge in [-0.1, -0.05) is 6.07 Å². The number of hydrogen-bond donors (Lipinski definition) is 1. The standard InChI is InChI=1S/C12H16O4/c1-8-5-6-15-12(16-8)9-3-4-11(14-2)10(13)7-9/h3-4,7-8,12-13H,5-6H2,1-2H3. The largest absolute Gasteiger partial charge is 0.504 e. The minimum Gasteiger partial charge on any atom is -0.504 e. The first-order valence-corrected chi connectivity index (χ1v) is 5.34. The fourth-order valence-corrected chi connectivity index (χ4v) is 1.69. The minimum atomic E-state index is -0.388. The summed E-state index contributed by atoms with van der Waals surface area (Å²) in [4.78, 5) is 0. The van der Waals surface area contributed by atoms with Crippen LogP contribution in [0.2, 0.25) is 0 Å². The van der Waals surface area contributed by atoms with Crippen LogP contribution in [0.15, 0.2) is 18.2 Å². The molecule has 16 heavy (non-hydrogen) atoms. The molecule has 0 saturated carbocycles. The Balaban J connectivity index is 2.17. The van der Waals surface area contributed by atoms with E-state index in [9.17, 15) is 5.11 Å². The number of hydrogen-bond acceptors (Lipinski definition) is 4. The molecule has 1 N–H and O–H groups in total. The summed E-state index contributed by atoms with van der Waals surface area (Å²) in [7, 11) is 1.52. The van der Waals surface area contributed by atoms with E-state index in [2.05, 4.69) is 0 Å². The van der Waals surface area contributed by atoms with Gasteiger partial charge in [0, 0.05) is 5.56 Å². The Morgan fingerprint density at radius 3 is 2.88 bits per heavy atom. The molecule has 0 spiro atoms. The van der Waals surface area contributed by atoms with Crippen LogP contribution < -0.4 is 4.74 Å². The third-order valence-electron chi connectivity index (χ3n) is 2.62. The Kier molecular flexibility index (Phi) is 3.31. The van der Waals surface area contributed by atoms with Gasteiger partial charge in [-0.2, -0.15) is 0 Å². The molecule has 1 fully saturated rings. The predicted octanol–water partition coefficient (Wildman–Crippen LogP) is 2.22. The van der Waals surface area contributed by atoms with Gasteiger partial charge in [-0.15, -0.1) is 0 Å². The van der Waals surface area contributed by atoms with Crippen LogP contribution >= 0.6 is 0 Å². The highest BCUT2D eigenvalue weighted by atomic mass is 16.7. The van der Waals surface area contributed by atoms with Crippen molar-refractivity contribution in [1.29, 1.82) is 0 Å². The van der Waals surface area contributed by atoms with Gasteiger partial charge in [0.15, 0.2) is 17.8 Å². The summed E-state index contributed by atoms with van der Waals surface area (Å²) in [6.45, 7) is 2.69. The van der Waals surface area contributed by atoms with Crippen molar-refractivity contribution in [3.05, 3.63) is 23.8 Å².